The monoisotopic (exact) mass is 280 g/mol. The van der Waals surface area contributed by atoms with E-state index in [9.17, 15) is 9.59 Å². The molecule has 0 saturated carbocycles. The Morgan fingerprint density at radius 1 is 1.37 bits per heavy atom. The summed E-state index contributed by atoms with van der Waals surface area (Å²) < 4.78 is 1.37. The minimum Gasteiger partial charge on any atom is -0.293 e. The summed E-state index contributed by atoms with van der Waals surface area (Å²) in [6.45, 7) is 3.81. The van der Waals surface area contributed by atoms with Crippen molar-refractivity contribution in [2.45, 2.75) is 26.8 Å². The standard InChI is InChI=1S/C12H13ClN4O2/c1-3-8-5-17(12(19)16-11(8)18)6-10-14-7(2)4-9(13)15-10/h4-5H,3,6H2,1-2H3,(H,16,18,19). The zero-order valence-corrected chi connectivity index (χ0v) is 11.4. The number of nitrogens with zero attached hydrogens (tertiary/aromatic N) is 3. The van der Waals surface area contributed by atoms with E-state index in [0.717, 1.165) is 5.69 Å². The Balaban J connectivity index is 2.43. The normalized spacial score (nSPS) is 10.7. The van der Waals surface area contributed by atoms with E-state index in [1.54, 1.807) is 13.0 Å². The van der Waals surface area contributed by atoms with Gasteiger partial charge in [-0.25, -0.2) is 14.8 Å². The number of halogens is 1. The highest BCUT2D eigenvalue weighted by Gasteiger charge is 2.06. The molecule has 6 nitrogen and oxygen atoms in total. The first-order valence-corrected chi connectivity index (χ1v) is 6.20. The molecule has 2 heterocycles. The van der Waals surface area contributed by atoms with Gasteiger partial charge in [0.2, 0.25) is 0 Å². The number of nitrogens with one attached hydrogen (secondary N) is 1. The number of aryl methyl sites for hydroxylation is 2. The third-order valence-corrected chi connectivity index (χ3v) is 2.84. The molecule has 19 heavy (non-hydrogen) atoms. The fraction of sp³-hybridized carbons (Fsp3) is 0.333. The molecule has 0 fully saturated rings. The van der Waals surface area contributed by atoms with E-state index in [-0.39, 0.29) is 12.1 Å². The van der Waals surface area contributed by atoms with Gasteiger partial charge < -0.3 is 0 Å². The zero-order chi connectivity index (χ0) is 14.0. The van der Waals surface area contributed by atoms with E-state index in [0.29, 0.717) is 23.0 Å². The summed E-state index contributed by atoms with van der Waals surface area (Å²) in [7, 11) is 0. The summed E-state index contributed by atoms with van der Waals surface area (Å²) in [5, 5.41) is 0.329. The van der Waals surface area contributed by atoms with Crippen molar-refractivity contribution in [1.82, 2.24) is 19.5 Å². The van der Waals surface area contributed by atoms with Crippen molar-refractivity contribution >= 4 is 11.6 Å². The van der Waals surface area contributed by atoms with Gasteiger partial charge in [-0.05, 0) is 19.4 Å². The van der Waals surface area contributed by atoms with Gasteiger partial charge in [0.05, 0.1) is 6.54 Å². The van der Waals surface area contributed by atoms with Crippen molar-refractivity contribution in [2.24, 2.45) is 0 Å². The lowest BCUT2D eigenvalue weighted by Crippen LogP contribution is -2.32. The second kappa shape index (κ2) is 5.36. The van der Waals surface area contributed by atoms with Crippen molar-refractivity contribution in [2.75, 3.05) is 0 Å². The lowest BCUT2D eigenvalue weighted by atomic mass is 10.2. The Labute approximate surface area is 114 Å². The van der Waals surface area contributed by atoms with Crippen LogP contribution in [0.25, 0.3) is 0 Å². The Kier molecular flexibility index (Phi) is 3.80. The van der Waals surface area contributed by atoms with Gasteiger partial charge in [0.1, 0.15) is 11.0 Å². The van der Waals surface area contributed by atoms with Gasteiger partial charge >= 0.3 is 5.69 Å². The molecule has 0 saturated heterocycles. The van der Waals surface area contributed by atoms with Crippen molar-refractivity contribution in [1.29, 1.82) is 0 Å². The third kappa shape index (κ3) is 3.08. The summed E-state index contributed by atoms with van der Waals surface area (Å²) in [6.07, 6.45) is 2.08. The first-order chi connectivity index (χ1) is 8.99. The van der Waals surface area contributed by atoms with E-state index in [2.05, 4.69) is 15.0 Å². The van der Waals surface area contributed by atoms with Gasteiger partial charge in [-0.3, -0.25) is 14.3 Å². The summed E-state index contributed by atoms with van der Waals surface area (Å²) in [4.78, 5) is 33.7. The van der Waals surface area contributed by atoms with E-state index in [4.69, 9.17) is 11.6 Å². The van der Waals surface area contributed by atoms with E-state index in [1.807, 2.05) is 6.92 Å². The van der Waals surface area contributed by atoms with Crippen LogP contribution in [0.3, 0.4) is 0 Å². The largest absolute Gasteiger partial charge is 0.328 e. The molecular formula is C12H13ClN4O2. The van der Waals surface area contributed by atoms with Crippen LogP contribution in [0.1, 0.15) is 24.0 Å². The average molecular weight is 281 g/mol. The zero-order valence-electron chi connectivity index (χ0n) is 10.6. The molecule has 0 unspecified atom stereocenters. The molecule has 2 aromatic rings. The molecule has 7 heteroatoms. The molecule has 0 aliphatic rings. The SMILES string of the molecule is CCc1cn(Cc2nc(C)cc(Cl)n2)c(=O)[nH]c1=O. The molecule has 0 aliphatic heterocycles. The molecule has 1 N–H and O–H groups in total. The molecule has 0 aliphatic carbocycles. The Morgan fingerprint density at radius 2 is 2.11 bits per heavy atom. The molecule has 0 atom stereocenters. The second-order valence-corrected chi connectivity index (χ2v) is 4.53. The van der Waals surface area contributed by atoms with Gasteiger partial charge in [-0.2, -0.15) is 0 Å². The molecule has 2 aromatic heterocycles. The highest BCUT2D eigenvalue weighted by molar-refractivity contribution is 6.29. The predicted octanol–water partition coefficient (Wildman–Crippen LogP) is 0.899. The van der Waals surface area contributed by atoms with Crippen molar-refractivity contribution in [3.05, 3.63) is 55.3 Å². The van der Waals surface area contributed by atoms with Crippen LogP contribution in [0, 0.1) is 6.92 Å². The number of hydrogen-bond donors (Lipinski definition) is 1. The summed E-state index contributed by atoms with van der Waals surface area (Å²) in [5.74, 6) is 0.432. The Morgan fingerprint density at radius 3 is 2.74 bits per heavy atom. The number of aromatic amines is 1. The molecule has 0 bridgehead atoms. The van der Waals surface area contributed by atoms with Crippen LogP contribution in [-0.2, 0) is 13.0 Å². The van der Waals surface area contributed by atoms with Crippen LogP contribution < -0.4 is 11.2 Å². The molecule has 0 amide bonds. The van der Waals surface area contributed by atoms with Gasteiger partial charge in [0.15, 0.2) is 0 Å². The minimum atomic E-state index is -0.483. The van der Waals surface area contributed by atoms with Gasteiger partial charge in [-0.1, -0.05) is 18.5 Å². The van der Waals surface area contributed by atoms with Crippen LogP contribution in [-0.4, -0.2) is 19.5 Å². The Hall–Kier alpha value is -1.95. The maximum absolute atomic E-state index is 11.7. The number of H-pyrrole nitrogens is 1. The summed E-state index contributed by atoms with van der Waals surface area (Å²) in [6, 6.07) is 1.64. The minimum absolute atomic E-state index is 0.171. The highest BCUT2D eigenvalue weighted by atomic mass is 35.5. The molecule has 0 aromatic carbocycles. The first kappa shape index (κ1) is 13.5. The number of hydrogen-bond acceptors (Lipinski definition) is 4. The smallest absolute Gasteiger partial charge is 0.293 e. The number of rotatable bonds is 3. The first-order valence-electron chi connectivity index (χ1n) is 5.82. The molecule has 0 radical (unpaired) electrons. The van der Waals surface area contributed by atoms with Crippen LogP contribution in [0.15, 0.2) is 21.9 Å². The lowest BCUT2D eigenvalue weighted by molar-refractivity contribution is 0.673. The lowest BCUT2D eigenvalue weighted by Gasteiger charge is -2.06. The fourth-order valence-corrected chi connectivity index (χ4v) is 1.99. The van der Waals surface area contributed by atoms with E-state index < -0.39 is 5.69 Å². The van der Waals surface area contributed by atoms with Crippen LogP contribution >= 0.6 is 11.6 Å². The van der Waals surface area contributed by atoms with Gasteiger partial charge in [0, 0.05) is 17.5 Å². The van der Waals surface area contributed by atoms with Crippen molar-refractivity contribution in [3.8, 4) is 0 Å². The molecule has 100 valence electrons. The van der Waals surface area contributed by atoms with E-state index in [1.165, 1.54) is 10.8 Å². The molecule has 2 rings (SSSR count). The van der Waals surface area contributed by atoms with Crippen LogP contribution in [0.5, 0.6) is 0 Å². The molecule has 0 spiro atoms. The predicted molar refractivity (Wildman–Crippen MR) is 71.6 cm³/mol. The fourth-order valence-electron chi connectivity index (χ4n) is 1.74. The molecular weight excluding hydrogens is 268 g/mol. The third-order valence-electron chi connectivity index (χ3n) is 2.65. The maximum atomic E-state index is 11.7. The van der Waals surface area contributed by atoms with Gasteiger partial charge in [0.25, 0.3) is 5.56 Å². The number of aromatic nitrogens is 4. The van der Waals surface area contributed by atoms with Crippen LogP contribution in [0.4, 0.5) is 0 Å². The summed E-state index contributed by atoms with van der Waals surface area (Å²) >= 11 is 5.84. The van der Waals surface area contributed by atoms with Gasteiger partial charge in [-0.15, -0.1) is 0 Å². The van der Waals surface area contributed by atoms with Crippen molar-refractivity contribution < 1.29 is 0 Å². The van der Waals surface area contributed by atoms with Crippen molar-refractivity contribution in [3.63, 3.8) is 0 Å². The Bertz CT molecular complexity index is 700. The second-order valence-electron chi connectivity index (χ2n) is 4.14. The van der Waals surface area contributed by atoms with Crippen LogP contribution in [0.2, 0.25) is 5.15 Å². The van der Waals surface area contributed by atoms with E-state index >= 15 is 0 Å². The highest BCUT2D eigenvalue weighted by Crippen LogP contribution is 2.07. The summed E-state index contributed by atoms with van der Waals surface area (Å²) in [5.41, 5.74) is 0.428. The average Bonchev–Trinajstić information content (AvgIpc) is 2.31. The quantitative estimate of drug-likeness (QED) is 0.847. The maximum Gasteiger partial charge on any atom is 0.328 e. The topological polar surface area (TPSA) is 80.6 Å².